The summed E-state index contributed by atoms with van der Waals surface area (Å²) in [7, 11) is -5.02. The fraction of sp³-hybridized carbons (Fsp3) is 0.448. The zero-order valence-electron chi connectivity index (χ0n) is 27.1. The van der Waals surface area contributed by atoms with Crippen molar-refractivity contribution in [2.24, 2.45) is 16.8 Å². The van der Waals surface area contributed by atoms with Gasteiger partial charge in [-0.2, -0.15) is 18.2 Å². The van der Waals surface area contributed by atoms with Crippen LogP contribution < -0.4 is 31.5 Å². The molecule has 3 aromatic rings. The van der Waals surface area contributed by atoms with Crippen molar-refractivity contribution in [1.29, 1.82) is 0 Å². The quantitative estimate of drug-likeness (QED) is 0.0324. The van der Waals surface area contributed by atoms with E-state index in [1.165, 1.54) is 19.2 Å². The Morgan fingerprint density at radius 2 is 1.98 bits per heavy atom. The number of β-lactam (4-membered cyclic amide) rings is 1. The molecule has 0 bridgehead atoms. The number of rotatable bonds is 17. The third-order valence-electron chi connectivity index (χ3n) is 8.05. The van der Waals surface area contributed by atoms with Gasteiger partial charge in [-0.15, -0.1) is 20.3 Å². The van der Waals surface area contributed by atoms with Crippen molar-refractivity contribution in [1.82, 2.24) is 25.4 Å². The molecule has 19 nitrogen and oxygen atoms in total. The highest BCUT2D eigenvalue weighted by molar-refractivity contribution is 7.80. The van der Waals surface area contributed by atoms with Gasteiger partial charge >= 0.3 is 16.4 Å². The Kier molecular flexibility index (Phi) is 11.0. The average Bonchev–Trinajstić information content (AvgIpc) is 3.66. The summed E-state index contributed by atoms with van der Waals surface area (Å²) in [5.41, 5.74) is 11.4. The van der Waals surface area contributed by atoms with E-state index in [4.69, 9.17) is 25.6 Å². The van der Waals surface area contributed by atoms with E-state index in [1.807, 2.05) is 12.1 Å². The topological polar surface area (TPSA) is 267 Å². The average molecular weight is 737 g/mol. The van der Waals surface area contributed by atoms with Crippen LogP contribution in [0.5, 0.6) is 5.75 Å². The van der Waals surface area contributed by atoms with Gasteiger partial charge < -0.3 is 36.8 Å². The van der Waals surface area contributed by atoms with Crippen LogP contribution in [0.4, 0.5) is 5.13 Å². The molecule has 0 unspecified atom stereocenters. The number of thiazole rings is 1. The van der Waals surface area contributed by atoms with Gasteiger partial charge in [0.25, 0.3) is 17.9 Å². The molecular weight excluding hydrogens is 699 g/mol. The number of carbonyl (C=O) groups is 3. The molecule has 50 heavy (non-hydrogen) atoms. The standard InChI is InChI=1S/C29H37N9O10S2/c1-29(2)24(26(40)38(29)48-50(43,44)45)34-25(39)23(21-16-49-28(31)33-21)35-47-22(27(41)42)15-46-20-6-4-18(5-7-20)19-13-36(9-3-8-30)37(14-19)12-17-10-32-11-17/h4-7,13-14,16-17,22,24,32H,3,8-12,15,30H2,1-2H3,(H4-,31,33,34,39,41,42,43,44,45)/p+1/b35-23-/t22-,24+/m0/s1. The molecule has 2 saturated heterocycles. The van der Waals surface area contributed by atoms with Crippen molar-refractivity contribution in [2.75, 3.05) is 32.0 Å². The van der Waals surface area contributed by atoms with E-state index in [2.05, 4.69) is 46.8 Å². The zero-order chi connectivity index (χ0) is 36.2. The number of nitrogens with two attached hydrogens (primary N) is 2. The number of aryl methyl sites for hydroxylation is 1. The summed E-state index contributed by atoms with van der Waals surface area (Å²) < 4.78 is 45.6. The van der Waals surface area contributed by atoms with Gasteiger partial charge in [-0.1, -0.05) is 17.3 Å². The van der Waals surface area contributed by atoms with Gasteiger partial charge in [0.2, 0.25) is 6.20 Å². The third kappa shape index (κ3) is 8.54. The van der Waals surface area contributed by atoms with Crippen molar-refractivity contribution >= 4 is 50.4 Å². The molecule has 5 rings (SSSR count). The number of anilines is 1. The molecular formula is C29H38N9O10S2+. The molecule has 0 spiro atoms. The molecule has 2 amide bonds. The van der Waals surface area contributed by atoms with E-state index >= 15 is 0 Å². The number of oxime groups is 1. The maximum atomic E-state index is 13.3. The molecule has 270 valence electrons. The Bertz CT molecular complexity index is 1860. The molecule has 0 saturated carbocycles. The second kappa shape index (κ2) is 15.1. The van der Waals surface area contributed by atoms with Gasteiger partial charge in [0.15, 0.2) is 17.4 Å². The van der Waals surface area contributed by atoms with Crippen LogP contribution >= 0.6 is 11.3 Å². The SMILES string of the molecule is CC1(C)[C@H](NC(=O)/C(=N\O[C@@H](COc2ccc(-c3cn(CCCN)[n+](CC4CNC4)c3)cc2)C(=O)O)c2csc(N)n2)C(=O)N1OS(=O)(=O)O. The van der Waals surface area contributed by atoms with Crippen LogP contribution in [0.15, 0.2) is 47.2 Å². The second-order valence-electron chi connectivity index (χ2n) is 12.1. The monoisotopic (exact) mass is 736 g/mol. The van der Waals surface area contributed by atoms with Crippen LogP contribution in [0.2, 0.25) is 0 Å². The minimum absolute atomic E-state index is 0.0625. The molecule has 1 aromatic carbocycles. The van der Waals surface area contributed by atoms with Gasteiger partial charge in [0.1, 0.15) is 24.1 Å². The number of hydroxylamine groups is 2. The number of aromatic nitrogens is 3. The fourth-order valence-electron chi connectivity index (χ4n) is 5.20. The molecule has 2 atom stereocenters. The van der Waals surface area contributed by atoms with Crippen LogP contribution in [0.3, 0.4) is 0 Å². The van der Waals surface area contributed by atoms with Gasteiger partial charge in [-0.3, -0.25) is 14.1 Å². The van der Waals surface area contributed by atoms with Crippen LogP contribution in [-0.4, -0.2) is 100 Å². The summed E-state index contributed by atoms with van der Waals surface area (Å²) in [5, 5.41) is 21.0. The number of nitrogens with one attached hydrogen (secondary N) is 2. The lowest BCUT2D eigenvalue weighted by Gasteiger charge is -2.50. The van der Waals surface area contributed by atoms with E-state index in [-0.39, 0.29) is 10.8 Å². The number of aliphatic carboxylic acids is 1. The Labute approximate surface area is 290 Å². The first-order chi connectivity index (χ1) is 23.7. The van der Waals surface area contributed by atoms with E-state index in [0.717, 1.165) is 55.1 Å². The van der Waals surface area contributed by atoms with E-state index < -0.39 is 58.2 Å². The molecule has 2 aliphatic rings. The smallest absolute Gasteiger partial charge is 0.418 e. The molecule has 0 aliphatic carbocycles. The molecule has 2 aromatic heterocycles. The molecule has 0 radical (unpaired) electrons. The number of nitrogens with zero attached hydrogens (tertiary/aromatic N) is 5. The number of amides is 2. The van der Waals surface area contributed by atoms with Crippen molar-refractivity contribution in [3.05, 3.63) is 47.7 Å². The zero-order valence-corrected chi connectivity index (χ0v) is 28.7. The van der Waals surface area contributed by atoms with Gasteiger partial charge in [-0.05, 0) is 44.5 Å². The summed E-state index contributed by atoms with van der Waals surface area (Å²) in [4.78, 5) is 47.1. The van der Waals surface area contributed by atoms with Crippen LogP contribution in [-0.2, 0) is 47.0 Å². The molecule has 4 heterocycles. The highest BCUT2D eigenvalue weighted by Crippen LogP contribution is 2.33. The minimum Gasteiger partial charge on any atom is -0.489 e. The maximum absolute atomic E-state index is 13.3. The Hall–Kier alpha value is -4.67. The van der Waals surface area contributed by atoms with E-state index in [0.29, 0.717) is 23.3 Å². The Balaban J connectivity index is 1.25. The second-order valence-corrected chi connectivity index (χ2v) is 14.0. The van der Waals surface area contributed by atoms with E-state index in [1.54, 1.807) is 12.1 Å². The van der Waals surface area contributed by atoms with Crippen LogP contribution in [0, 0.1) is 5.92 Å². The minimum atomic E-state index is -5.02. The molecule has 2 aliphatic heterocycles. The lowest BCUT2D eigenvalue weighted by Crippen LogP contribution is -2.76. The van der Waals surface area contributed by atoms with Crippen molar-refractivity contribution in [3.63, 3.8) is 0 Å². The van der Waals surface area contributed by atoms with Crippen molar-refractivity contribution < 1.29 is 51.0 Å². The first kappa shape index (κ1) is 36.6. The summed E-state index contributed by atoms with van der Waals surface area (Å²) >= 11 is 0.964. The van der Waals surface area contributed by atoms with Crippen molar-refractivity contribution in [3.8, 4) is 16.9 Å². The number of ether oxygens (including phenoxy) is 1. The highest BCUT2D eigenvalue weighted by Gasteiger charge is 2.58. The van der Waals surface area contributed by atoms with Crippen molar-refractivity contribution in [2.45, 2.75) is 51.0 Å². The number of hydrogen-bond acceptors (Lipinski definition) is 14. The first-order valence-corrected chi connectivity index (χ1v) is 17.6. The van der Waals surface area contributed by atoms with Crippen LogP contribution in [0.25, 0.3) is 11.1 Å². The number of hydrogen-bond donors (Lipinski definition) is 6. The largest absolute Gasteiger partial charge is 0.489 e. The molecule has 8 N–H and O–H groups in total. The maximum Gasteiger partial charge on any atom is 0.418 e. The van der Waals surface area contributed by atoms with E-state index in [9.17, 15) is 27.9 Å². The number of carbonyl (C=O) groups excluding carboxylic acids is 2. The predicted octanol–water partition coefficient (Wildman–Crippen LogP) is -0.858. The third-order valence-corrected chi connectivity index (χ3v) is 9.06. The summed E-state index contributed by atoms with van der Waals surface area (Å²) in [6.07, 6.45) is 3.33. The molecule has 21 heteroatoms. The van der Waals surface area contributed by atoms with Gasteiger partial charge in [0, 0.05) is 24.4 Å². The summed E-state index contributed by atoms with van der Waals surface area (Å²) in [6, 6.07) is 5.76. The Morgan fingerprint density at radius 1 is 1.26 bits per heavy atom. The van der Waals surface area contributed by atoms with Crippen LogP contribution in [0.1, 0.15) is 26.0 Å². The van der Waals surface area contributed by atoms with Gasteiger partial charge in [0.05, 0.1) is 23.8 Å². The highest BCUT2D eigenvalue weighted by atomic mass is 32.3. The summed E-state index contributed by atoms with van der Waals surface area (Å²) in [5.74, 6) is -2.53. The number of nitrogen functional groups attached to an aromatic ring is 1. The lowest BCUT2D eigenvalue weighted by atomic mass is 9.84. The predicted molar refractivity (Wildman–Crippen MR) is 177 cm³/mol. The Morgan fingerprint density at radius 3 is 2.54 bits per heavy atom. The van der Waals surface area contributed by atoms with Gasteiger partial charge in [-0.25, -0.2) is 9.78 Å². The fourth-order valence-corrected chi connectivity index (χ4v) is 6.20. The normalized spacial score (nSPS) is 18.2. The number of benzene rings is 1. The summed E-state index contributed by atoms with van der Waals surface area (Å²) in [6.45, 7) is 6.46. The molecule has 2 fully saturated rings. The first-order valence-electron chi connectivity index (χ1n) is 15.4. The number of carboxylic acid groups (broad SMARTS) is 1. The number of carboxylic acids is 1. The lowest BCUT2D eigenvalue weighted by molar-refractivity contribution is -0.781.